The number of carbonyl (C=O) groups is 1. The second kappa shape index (κ2) is 3.66. The fraction of sp³-hybridized carbons (Fsp3) is 0.125. The van der Waals surface area contributed by atoms with Crippen molar-refractivity contribution in [1.29, 1.82) is 5.41 Å². The van der Waals surface area contributed by atoms with E-state index in [0.29, 0.717) is 5.56 Å². The zero-order valence-electron chi connectivity index (χ0n) is 6.82. The number of aromatic nitrogens is 1. The van der Waals surface area contributed by atoms with Gasteiger partial charge in [0.05, 0.1) is 11.4 Å². The van der Waals surface area contributed by atoms with Crippen LogP contribution in [-0.2, 0) is 6.42 Å². The number of rotatable bonds is 3. The minimum atomic E-state index is -1.03. The highest BCUT2D eigenvalue weighted by Gasteiger charge is 2.04. The van der Waals surface area contributed by atoms with E-state index in [4.69, 9.17) is 16.2 Å². The van der Waals surface area contributed by atoms with Gasteiger partial charge in [0.2, 0.25) is 0 Å². The third-order valence-electron chi connectivity index (χ3n) is 1.44. The number of hydrogen-bond donors (Lipinski definition) is 3. The van der Waals surface area contributed by atoms with Crippen LogP contribution in [0.5, 0.6) is 0 Å². The smallest absolute Gasteiger partial charge is 0.337 e. The molecule has 0 saturated carbocycles. The topological polar surface area (TPSA) is 100 Å². The number of pyridine rings is 1. The fourth-order valence-corrected chi connectivity index (χ4v) is 0.921. The Morgan fingerprint density at radius 2 is 2.31 bits per heavy atom. The molecule has 0 fully saturated rings. The van der Waals surface area contributed by atoms with E-state index in [2.05, 4.69) is 4.98 Å². The second-order valence-corrected chi connectivity index (χ2v) is 2.59. The molecule has 0 bridgehead atoms. The molecule has 0 aromatic carbocycles. The van der Waals surface area contributed by atoms with Crippen molar-refractivity contribution in [3.8, 4) is 0 Å². The van der Waals surface area contributed by atoms with Crippen molar-refractivity contribution in [3.63, 3.8) is 0 Å². The lowest BCUT2D eigenvalue weighted by molar-refractivity contribution is 0.0696. The fourth-order valence-electron chi connectivity index (χ4n) is 0.921. The van der Waals surface area contributed by atoms with Gasteiger partial charge in [-0.15, -0.1) is 0 Å². The predicted octanol–water partition coefficient (Wildman–Crippen LogP) is 0.258. The summed E-state index contributed by atoms with van der Waals surface area (Å²) in [5.74, 6) is -1.04. The van der Waals surface area contributed by atoms with Crippen LogP contribution in [0.15, 0.2) is 18.5 Å². The van der Waals surface area contributed by atoms with E-state index in [1.54, 1.807) is 0 Å². The molecule has 4 N–H and O–H groups in total. The van der Waals surface area contributed by atoms with Gasteiger partial charge in [0, 0.05) is 18.8 Å². The monoisotopic (exact) mass is 179 g/mol. The maximum absolute atomic E-state index is 10.5. The molecule has 13 heavy (non-hydrogen) atoms. The molecule has 1 aromatic heterocycles. The van der Waals surface area contributed by atoms with E-state index in [1.807, 2.05) is 0 Å². The summed E-state index contributed by atoms with van der Waals surface area (Å²) >= 11 is 0. The van der Waals surface area contributed by atoms with Gasteiger partial charge in [-0.1, -0.05) is 0 Å². The van der Waals surface area contributed by atoms with Crippen LogP contribution in [0.3, 0.4) is 0 Å². The molecule has 0 unspecified atom stereocenters. The highest BCUT2D eigenvalue weighted by Crippen LogP contribution is 2.03. The minimum absolute atomic E-state index is 0.00987. The highest BCUT2D eigenvalue weighted by molar-refractivity contribution is 5.88. The first-order valence-electron chi connectivity index (χ1n) is 3.59. The van der Waals surface area contributed by atoms with Crippen LogP contribution in [-0.4, -0.2) is 21.9 Å². The molecule has 0 aliphatic heterocycles. The van der Waals surface area contributed by atoms with Gasteiger partial charge in [-0.2, -0.15) is 0 Å². The lowest BCUT2D eigenvalue weighted by Crippen LogP contribution is -2.13. The molecular weight excluding hydrogens is 170 g/mol. The van der Waals surface area contributed by atoms with Crippen molar-refractivity contribution in [2.75, 3.05) is 0 Å². The van der Waals surface area contributed by atoms with Gasteiger partial charge in [0.1, 0.15) is 0 Å². The summed E-state index contributed by atoms with van der Waals surface area (Å²) in [4.78, 5) is 14.2. The van der Waals surface area contributed by atoms with Gasteiger partial charge >= 0.3 is 5.97 Å². The van der Waals surface area contributed by atoms with Crippen LogP contribution in [0.1, 0.15) is 15.9 Å². The normalized spacial score (nSPS) is 9.54. The van der Waals surface area contributed by atoms with Gasteiger partial charge < -0.3 is 10.8 Å². The number of aromatic carboxylic acids is 1. The van der Waals surface area contributed by atoms with Crippen molar-refractivity contribution in [1.82, 2.24) is 4.98 Å². The van der Waals surface area contributed by atoms with E-state index < -0.39 is 5.97 Å². The molecule has 68 valence electrons. The van der Waals surface area contributed by atoms with Gasteiger partial charge in [0.25, 0.3) is 0 Å². The van der Waals surface area contributed by atoms with Crippen molar-refractivity contribution in [2.24, 2.45) is 5.73 Å². The predicted molar refractivity (Wildman–Crippen MR) is 46.8 cm³/mol. The minimum Gasteiger partial charge on any atom is -0.478 e. The van der Waals surface area contributed by atoms with Crippen LogP contribution in [0.4, 0.5) is 0 Å². The van der Waals surface area contributed by atoms with E-state index in [1.165, 1.54) is 18.5 Å². The number of nitrogens with zero attached hydrogens (tertiary/aromatic N) is 1. The number of amidine groups is 1. The molecule has 0 aliphatic carbocycles. The number of nitrogens with one attached hydrogen (secondary N) is 1. The quantitative estimate of drug-likeness (QED) is 0.457. The number of hydrogen-bond acceptors (Lipinski definition) is 3. The van der Waals surface area contributed by atoms with Gasteiger partial charge in [-0.3, -0.25) is 10.4 Å². The molecule has 0 radical (unpaired) electrons. The van der Waals surface area contributed by atoms with E-state index in [0.717, 1.165) is 0 Å². The summed E-state index contributed by atoms with van der Waals surface area (Å²) in [5, 5.41) is 15.6. The van der Waals surface area contributed by atoms with Crippen LogP contribution in [0, 0.1) is 5.41 Å². The third-order valence-corrected chi connectivity index (χ3v) is 1.44. The standard InChI is InChI=1S/C8H9N3O2/c9-7(10)2-5-1-6(8(12)13)4-11-3-5/h1,3-4H,2H2,(H3,9,10)(H,12,13). The average Bonchev–Trinajstić information content (AvgIpc) is 2.03. The Morgan fingerprint density at radius 1 is 1.62 bits per heavy atom. The summed E-state index contributed by atoms with van der Waals surface area (Å²) in [5.41, 5.74) is 5.90. The number of carboxylic acid groups (broad SMARTS) is 1. The Bertz CT molecular complexity index is 349. The van der Waals surface area contributed by atoms with Crippen molar-refractivity contribution >= 4 is 11.8 Å². The molecular formula is C8H9N3O2. The summed E-state index contributed by atoms with van der Waals surface area (Å²) in [6.45, 7) is 0. The lowest BCUT2D eigenvalue weighted by Gasteiger charge is -1.99. The van der Waals surface area contributed by atoms with E-state index in [9.17, 15) is 4.79 Å². The van der Waals surface area contributed by atoms with Gasteiger partial charge in [-0.25, -0.2) is 4.79 Å². The third kappa shape index (κ3) is 2.55. The molecule has 5 heteroatoms. The molecule has 1 aromatic rings. The Morgan fingerprint density at radius 3 is 2.85 bits per heavy atom. The Labute approximate surface area is 74.7 Å². The Balaban J connectivity index is 2.91. The lowest BCUT2D eigenvalue weighted by atomic mass is 10.1. The first-order chi connectivity index (χ1) is 6.09. The maximum Gasteiger partial charge on any atom is 0.337 e. The zero-order valence-corrected chi connectivity index (χ0v) is 6.82. The van der Waals surface area contributed by atoms with Crippen molar-refractivity contribution in [2.45, 2.75) is 6.42 Å². The zero-order chi connectivity index (χ0) is 9.84. The summed E-state index contributed by atoms with van der Waals surface area (Å²) in [6, 6.07) is 1.46. The summed E-state index contributed by atoms with van der Waals surface area (Å²) < 4.78 is 0. The number of carboxylic acids is 1. The Kier molecular flexibility index (Phi) is 2.59. The van der Waals surface area contributed by atoms with E-state index >= 15 is 0 Å². The van der Waals surface area contributed by atoms with Gasteiger partial charge in [0.15, 0.2) is 0 Å². The Hall–Kier alpha value is -1.91. The molecule has 0 amide bonds. The molecule has 0 saturated heterocycles. The maximum atomic E-state index is 10.5. The van der Waals surface area contributed by atoms with Crippen LogP contribution in [0.25, 0.3) is 0 Å². The van der Waals surface area contributed by atoms with Crippen molar-refractivity contribution in [3.05, 3.63) is 29.6 Å². The second-order valence-electron chi connectivity index (χ2n) is 2.59. The van der Waals surface area contributed by atoms with Crippen LogP contribution in [0.2, 0.25) is 0 Å². The van der Waals surface area contributed by atoms with Crippen molar-refractivity contribution < 1.29 is 9.90 Å². The summed E-state index contributed by atoms with van der Waals surface area (Å²) in [6.07, 6.45) is 2.98. The highest BCUT2D eigenvalue weighted by atomic mass is 16.4. The first kappa shape index (κ1) is 9.18. The SMILES string of the molecule is N=C(N)Cc1cncc(C(=O)O)c1. The average molecular weight is 179 g/mol. The molecule has 0 spiro atoms. The van der Waals surface area contributed by atoms with Crippen LogP contribution >= 0.6 is 0 Å². The largest absolute Gasteiger partial charge is 0.478 e. The summed E-state index contributed by atoms with van der Waals surface area (Å²) in [7, 11) is 0. The molecule has 0 aliphatic rings. The van der Waals surface area contributed by atoms with Crippen LogP contribution < -0.4 is 5.73 Å². The van der Waals surface area contributed by atoms with E-state index in [-0.39, 0.29) is 17.8 Å². The molecule has 1 heterocycles. The molecule has 0 atom stereocenters. The first-order valence-corrected chi connectivity index (χ1v) is 3.59. The molecule has 1 rings (SSSR count). The van der Waals surface area contributed by atoms with Gasteiger partial charge in [-0.05, 0) is 11.6 Å². The molecule has 5 nitrogen and oxygen atoms in total. The number of nitrogens with two attached hydrogens (primary N) is 1.